The van der Waals surface area contributed by atoms with Gasteiger partial charge in [0.05, 0.1) is 0 Å². The molecule has 0 amide bonds. The molecule has 0 spiro atoms. The van der Waals surface area contributed by atoms with Crippen LogP contribution >= 0.6 is 15.9 Å². The van der Waals surface area contributed by atoms with Crippen LogP contribution in [0.15, 0.2) is 22.8 Å². The van der Waals surface area contributed by atoms with Gasteiger partial charge in [0.1, 0.15) is 0 Å². The molecule has 78 valence electrons. The Balaban J connectivity index is 1.84. The van der Waals surface area contributed by atoms with Gasteiger partial charge in [-0.2, -0.15) is 4.98 Å². The van der Waals surface area contributed by atoms with Crippen LogP contribution in [0, 0.1) is 5.92 Å². The van der Waals surface area contributed by atoms with E-state index in [-0.39, 0.29) is 0 Å². The molecule has 3 rings (SSSR count). The molecule has 0 aliphatic heterocycles. The first kappa shape index (κ1) is 9.15. The second-order valence-corrected chi connectivity index (χ2v) is 4.83. The molecule has 0 unspecified atom stereocenters. The normalized spacial score (nSPS) is 15.8. The first-order chi connectivity index (χ1) is 7.31. The molecule has 0 bridgehead atoms. The van der Waals surface area contributed by atoms with Crippen LogP contribution in [0.25, 0.3) is 5.65 Å². The summed E-state index contributed by atoms with van der Waals surface area (Å²) in [7, 11) is 0. The summed E-state index contributed by atoms with van der Waals surface area (Å²) in [5.74, 6) is 1.56. The summed E-state index contributed by atoms with van der Waals surface area (Å²) in [6.07, 6.45) is 4.59. The molecule has 5 heteroatoms. The molecule has 2 aromatic rings. The number of rotatable bonds is 3. The summed E-state index contributed by atoms with van der Waals surface area (Å²) < 4.78 is 2.79. The molecule has 1 aliphatic rings. The number of anilines is 1. The molecule has 1 aliphatic carbocycles. The maximum atomic E-state index is 4.37. The van der Waals surface area contributed by atoms with Gasteiger partial charge in [-0.25, -0.2) is 4.52 Å². The van der Waals surface area contributed by atoms with Crippen molar-refractivity contribution in [3.8, 4) is 0 Å². The van der Waals surface area contributed by atoms with Crippen molar-refractivity contribution in [1.82, 2.24) is 14.6 Å². The lowest BCUT2D eigenvalue weighted by Crippen LogP contribution is -2.04. The van der Waals surface area contributed by atoms with Gasteiger partial charge in [-0.15, -0.1) is 5.10 Å². The number of aromatic nitrogens is 3. The second kappa shape index (κ2) is 3.48. The number of hydrogen-bond acceptors (Lipinski definition) is 3. The SMILES string of the molecule is Brc1ccc2nc(NCC3CC3)nn2c1. The van der Waals surface area contributed by atoms with Crippen LogP contribution in [0.5, 0.6) is 0 Å². The van der Waals surface area contributed by atoms with Crippen LogP contribution in [-0.2, 0) is 0 Å². The molecule has 0 aromatic carbocycles. The highest BCUT2D eigenvalue weighted by molar-refractivity contribution is 9.10. The highest BCUT2D eigenvalue weighted by Crippen LogP contribution is 2.28. The molecular weight excluding hydrogens is 256 g/mol. The van der Waals surface area contributed by atoms with Crippen molar-refractivity contribution >= 4 is 27.5 Å². The van der Waals surface area contributed by atoms with E-state index in [1.165, 1.54) is 12.8 Å². The molecule has 15 heavy (non-hydrogen) atoms. The van der Waals surface area contributed by atoms with E-state index < -0.39 is 0 Å². The van der Waals surface area contributed by atoms with Gasteiger partial charge in [-0.3, -0.25) is 0 Å². The quantitative estimate of drug-likeness (QED) is 0.927. The van der Waals surface area contributed by atoms with Gasteiger partial charge in [0.2, 0.25) is 5.95 Å². The molecule has 1 fully saturated rings. The van der Waals surface area contributed by atoms with E-state index in [9.17, 15) is 0 Å². The van der Waals surface area contributed by atoms with E-state index in [1.54, 1.807) is 4.52 Å². The largest absolute Gasteiger partial charge is 0.353 e. The predicted molar refractivity (Wildman–Crippen MR) is 61.9 cm³/mol. The minimum Gasteiger partial charge on any atom is -0.353 e. The fourth-order valence-electron chi connectivity index (χ4n) is 1.49. The van der Waals surface area contributed by atoms with E-state index in [2.05, 4.69) is 31.3 Å². The first-order valence-corrected chi connectivity index (χ1v) is 5.86. The second-order valence-electron chi connectivity index (χ2n) is 3.91. The third kappa shape index (κ3) is 1.97. The molecule has 1 N–H and O–H groups in total. The monoisotopic (exact) mass is 266 g/mol. The van der Waals surface area contributed by atoms with Gasteiger partial charge in [0.15, 0.2) is 5.65 Å². The van der Waals surface area contributed by atoms with Crippen molar-refractivity contribution in [1.29, 1.82) is 0 Å². The lowest BCUT2D eigenvalue weighted by atomic mass is 10.4. The van der Waals surface area contributed by atoms with Gasteiger partial charge < -0.3 is 5.32 Å². The van der Waals surface area contributed by atoms with E-state index in [0.717, 1.165) is 28.5 Å². The Bertz CT molecular complexity index is 489. The molecule has 2 aromatic heterocycles. The lowest BCUT2D eigenvalue weighted by molar-refractivity contribution is 0.866. The summed E-state index contributed by atoms with van der Waals surface area (Å²) in [6.45, 7) is 0.998. The summed E-state index contributed by atoms with van der Waals surface area (Å²) in [5, 5.41) is 7.59. The molecule has 4 nitrogen and oxygen atoms in total. The van der Waals surface area contributed by atoms with E-state index in [0.29, 0.717) is 0 Å². The van der Waals surface area contributed by atoms with Gasteiger partial charge in [-0.1, -0.05) is 0 Å². The third-order valence-corrected chi connectivity index (χ3v) is 3.01. The number of fused-ring (bicyclic) bond motifs is 1. The average Bonchev–Trinajstić information content (AvgIpc) is 2.95. The molecule has 1 saturated carbocycles. The van der Waals surface area contributed by atoms with Gasteiger partial charge >= 0.3 is 0 Å². The first-order valence-electron chi connectivity index (χ1n) is 5.07. The van der Waals surface area contributed by atoms with Crippen LogP contribution in [0.2, 0.25) is 0 Å². The zero-order chi connectivity index (χ0) is 10.3. The highest BCUT2D eigenvalue weighted by atomic mass is 79.9. The fraction of sp³-hybridized carbons (Fsp3) is 0.400. The van der Waals surface area contributed by atoms with Crippen molar-refractivity contribution < 1.29 is 0 Å². The third-order valence-electron chi connectivity index (χ3n) is 2.54. The summed E-state index contributed by atoms with van der Waals surface area (Å²) in [5.41, 5.74) is 0.872. The fourth-order valence-corrected chi connectivity index (χ4v) is 1.82. The Labute approximate surface area is 95.8 Å². The minimum absolute atomic E-state index is 0.722. The standard InChI is InChI=1S/C10H11BrN4/c11-8-3-4-9-13-10(14-15(9)6-8)12-5-7-1-2-7/h3-4,6-7H,1-2,5H2,(H,12,14). The minimum atomic E-state index is 0.722. The number of halogens is 1. The van der Waals surface area contributed by atoms with E-state index >= 15 is 0 Å². The zero-order valence-corrected chi connectivity index (χ0v) is 9.74. The van der Waals surface area contributed by atoms with Crippen molar-refractivity contribution in [2.24, 2.45) is 5.92 Å². The Morgan fingerprint density at radius 1 is 1.47 bits per heavy atom. The van der Waals surface area contributed by atoms with E-state index in [1.807, 2.05) is 18.3 Å². The van der Waals surface area contributed by atoms with Crippen molar-refractivity contribution in [2.75, 3.05) is 11.9 Å². The summed E-state index contributed by atoms with van der Waals surface area (Å²) >= 11 is 3.40. The van der Waals surface area contributed by atoms with Crippen LogP contribution in [0.4, 0.5) is 5.95 Å². The summed E-state index contributed by atoms with van der Waals surface area (Å²) in [4.78, 5) is 4.37. The van der Waals surface area contributed by atoms with Gasteiger partial charge in [0.25, 0.3) is 0 Å². The number of nitrogens with zero attached hydrogens (tertiary/aromatic N) is 3. The lowest BCUT2D eigenvalue weighted by Gasteiger charge is -1.96. The predicted octanol–water partition coefficient (Wildman–Crippen LogP) is 2.31. The molecular formula is C10H11BrN4. The molecule has 0 saturated heterocycles. The molecule has 0 radical (unpaired) electrons. The van der Waals surface area contributed by atoms with Gasteiger partial charge in [-0.05, 0) is 46.8 Å². The Morgan fingerprint density at radius 2 is 2.33 bits per heavy atom. The summed E-state index contributed by atoms with van der Waals surface area (Å²) in [6, 6.07) is 3.91. The van der Waals surface area contributed by atoms with Crippen molar-refractivity contribution in [3.05, 3.63) is 22.8 Å². The van der Waals surface area contributed by atoms with Crippen LogP contribution in [0.3, 0.4) is 0 Å². The highest BCUT2D eigenvalue weighted by Gasteiger charge is 2.21. The van der Waals surface area contributed by atoms with Crippen LogP contribution in [0.1, 0.15) is 12.8 Å². The smallest absolute Gasteiger partial charge is 0.243 e. The Morgan fingerprint density at radius 3 is 3.13 bits per heavy atom. The Kier molecular flexibility index (Phi) is 2.12. The maximum Gasteiger partial charge on any atom is 0.243 e. The van der Waals surface area contributed by atoms with Crippen LogP contribution in [-0.4, -0.2) is 21.1 Å². The van der Waals surface area contributed by atoms with Crippen LogP contribution < -0.4 is 5.32 Å². The maximum absolute atomic E-state index is 4.37. The van der Waals surface area contributed by atoms with Crippen molar-refractivity contribution in [2.45, 2.75) is 12.8 Å². The topological polar surface area (TPSA) is 42.2 Å². The number of hydrogen-bond donors (Lipinski definition) is 1. The zero-order valence-electron chi connectivity index (χ0n) is 8.15. The van der Waals surface area contributed by atoms with Gasteiger partial charge in [0, 0.05) is 17.2 Å². The number of pyridine rings is 1. The van der Waals surface area contributed by atoms with E-state index in [4.69, 9.17) is 0 Å². The number of nitrogens with one attached hydrogen (secondary N) is 1. The van der Waals surface area contributed by atoms with Crippen molar-refractivity contribution in [3.63, 3.8) is 0 Å². The molecule has 0 atom stereocenters. The average molecular weight is 267 g/mol. The Hall–Kier alpha value is -1.10. The molecule has 2 heterocycles.